The van der Waals surface area contributed by atoms with Crippen molar-refractivity contribution in [3.63, 3.8) is 0 Å². The Kier molecular flexibility index (Phi) is 8.57. The van der Waals surface area contributed by atoms with Gasteiger partial charge < -0.3 is 15.2 Å². The van der Waals surface area contributed by atoms with Gasteiger partial charge in [0.25, 0.3) is 5.91 Å². The fourth-order valence-electron chi connectivity index (χ4n) is 4.48. The van der Waals surface area contributed by atoms with E-state index >= 15 is 0 Å². The van der Waals surface area contributed by atoms with Crippen LogP contribution < -0.4 is 10.6 Å². The van der Waals surface area contributed by atoms with Crippen LogP contribution in [0.4, 0.5) is 11.4 Å². The number of hydrogen-bond donors (Lipinski definition) is 2. The van der Waals surface area contributed by atoms with Crippen molar-refractivity contribution in [3.05, 3.63) is 108 Å². The first kappa shape index (κ1) is 26.0. The summed E-state index contributed by atoms with van der Waals surface area (Å²) in [5, 5.41) is 6.00. The van der Waals surface area contributed by atoms with Crippen molar-refractivity contribution < 1.29 is 9.59 Å². The lowest BCUT2D eigenvalue weighted by Crippen LogP contribution is -2.26. The molecule has 5 nitrogen and oxygen atoms in total. The molecule has 5 heteroatoms. The summed E-state index contributed by atoms with van der Waals surface area (Å²) in [6.07, 6.45) is 4.05. The molecule has 0 saturated carbocycles. The Balaban J connectivity index is 1.33. The zero-order valence-corrected chi connectivity index (χ0v) is 21.8. The molecule has 37 heavy (non-hydrogen) atoms. The Morgan fingerprint density at radius 2 is 1.43 bits per heavy atom. The van der Waals surface area contributed by atoms with Crippen LogP contribution in [0.3, 0.4) is 0 Å². The summed E-state index contributed by atoms with van der Waals surface area (Å²) in [7, 11) is 0. The van der Waals surface area contributed by atoms with E-state index in [0.29, 0.717) is 16.9 Å². The normalized spacial score (nSPS) is 12.5. The second kappa shape index (κ2) is 12.2. The van der Waals surface area contributed by atoms with Gasteiger partial charge in [-0.3, -0.25) is 9.59 Å². The highest BCUT2D eigenvalue weighted by molar-refractivity contribution is 6.08. The number of rotatable bonds is 10. The maximum atomic E-state index is 13.0. The van der Waals surface area contributed by atoms with E-state index in [9.17, 15) is 9.59 Å². The topological polar surface area (TPSA) is 63.1 Å². The molecular formula is C32H35N3O2. The predicted molar refractivity (Wildman–Crippen MR) is 152 cm³/mol. The van der Waals surface area contributed by atoms with Crippen LogP contribution in [0, 0.1) is 11.8 Å². The van der Waals surface area contributed by atoms with Crippen molar-refractivity contribution in [2.24, 2.45) is 11.8 Å². The molecule has 4 rings (SSSR count). The van der Waals surface area contributed by atoms with E-state index in [0.717, 1.165) is 30.5 Å². The molecule has 2 atom stereocenters. The van der Waals surface area contributed by atoms with Gasteiger partial charge >= 0.3 is 0 Å². The number of carbonyl (C=O) groups excluding carboxylic acids is 2. The molecule has 2 unspecified atom stereocenters. The number of aromatic nitrogens is 1. The molecule has 2 N–H and O–H groups in total. The number of amides is 2. The molecular weight excluding hydrogens is 458 g/mol. The van der Waals surface area contributed by atoms with Gasteiger partial charge in [-0.25, -0.2) is 0 Å². The second-order valence-corrected chi connectivity index (χ2v) is 9.53. The van der Waals surface area contributed by atoms with Gasteiger partial charge in [0.1, 0.15) is 0 Å². The molecule has 190 valence electrons. The van der Waals surface area contributed by atoms with Gasteiger partial charge in [-0.1, -0.05) is 69.3 Å². The SMILES string of the molecule is CCc1cccn1CCC(C)C(C)C(=O)Nc1ccc(NC(=O)c2ccccc2-c2ccccc2)cc1. The fourth-order valence-corrected chi connectivity index (χ4v) is 4.48. The molecule has 0 radical (unpaired) electrons. The van der Waals surface area contributed by atoms with Crippen molar-refractivity contribution in [3.8, 4) is 11.1 Å². The summed E-state index contributed by atoms with van der Waals surface area (Å²) in [6, 6.07) is 28.9. The lowest BCUT2D eigenvalue weighted by Gasteiger charge is -2.20. The van der Waals surface area contributed by atoms with Crippen LogP contribution in [-0.2, 0) is 17.8 Å². The Hall–Kier alpha value is -4.12. The first-order valence-corrected chi connectivity index (χ1v) is 13.0. The molecule has 0 spiro atoms. The van der Waals surface area contributed by atoms with E-state index in [4.69, 9.17) is 0 Å². The highest BCUT2D eigenvalue weighted by Gasteiger charge is 2.20. The predicted octanol–water partition coefficient (Wildman–Crippen LogP) is 7.27. The van der Waals surface area contributed by atoms with Crippen LogP contribution in [0.1, 0.15) is 43.2 Å². The first-order chi connectivity index (χ1) is 18.0. The minimum atomic E-state index is -0.174. The number of hydrogen-bond acceptors (Lipinski definition) is 2. The van der Waals surface area contributed by atoms with Gasteiger partial charge in [0, 0.05) is 41.3 Å². The van der Waals surface area contributed by atoms with Crippen LogP contribution in [0.15, 0.2) is 97.2 Å². The Morgan fingerprint density at radius 1 is 0.784 bits per heavy atom. The zero-order valence-electron chi connectivity index (χ0n) is 21.8. The van der Waals surface area contributed by atoms with Gasteiger partial charge in [0.05, 0.1) is 0 Å². The van der Waals surface area contributed by atoms with Gasteiger partial charge in [-0.15, -0.1) is 0 Å². The van der Waals surface area contributed by atoms with E-state index in [1.807, 2.05) is 85.8 Å². The maximum Gasteiger partial charge on any atom is 0.256 e. The summed E-state index contributed by atoms with van der Waals surface area (Å²) in [5.41, 5.74) is 5.19. The first-order valence-electron chi connectivity index (χ1n) is 13.0. The molecule has 1 heterocycles. The molecule has 0 saturated heterocycles. The highest BCUT2D eigenvalue weighted by atomic mass is 16.2. The van der Waals surface area contributed by atoms with Crippen LogP contribution in [0.25, 0.3) is 11.1 Å². The number of nitrogens with zero attached hydrogens (tertiary/aromatic N) is 1. The molecule has 0 fully saturated rings. The third kappa shape index (κ3) is 6.56. The minimum absolute atomic E-state index is 0.00398. The van der Waals surface area contributed by atoms with Gasteiger partial charge in [-0.2, -0.15) is 0 Å². The maximum absolute atomic E-state index is 13.0. The van der Waals surface area contributed by atoms with Gasteiger partial charge in [0.2, 0.25) is 5.91 Å². The van der Waals surface area contributed by atoms with Crippen molar-refractivity contribution in [1.82, 2.24) is 4.57 Å². The summed E-state index contributed by atoms with van der Waals surface area (Å²) >= 11 is 0. The van der Waals surface area contributed by atoms with Crippen LogP contribution in [0.5, 0.6) is 0 Å². The van der Waals surface area contributed by atoms with Gasteiger partial charge in [-0.05, 0) is 72.4 Å². The molecule has 0 bridgehead atoms. The number of anilines is 2. The average Bonchev–Trinajstić information content (AvgIpc) is 3.40. The van der Waals surface area contributed by atoms with Crippen LogP contribution in [0.2, 0.25) is 0 Å². The average molecular weight is 494 g/mol. The van der Waals surface area contributed by atoms with E-state index in [1.165, 1.54) is 5.69 Å². The Bertz CT molecular complexity index is 1330. The second-order valence-electron chi connectivity index (χ2n) is 9.53. The monoisotopic (exact) mass is 493 g/mol. The lowest BCUT2D eigenvalue weighted by atomic mass is 9.92. The highest BCUT2D eigenvalue weighted by Crippen LogP contribution is 2.25. The van der Waals surface area contributed by atoms with E-state index in [2.05, 4.69) is 47.4 Å². The number of nitrogens with one attached hydrogen (secondary N) is 2. The van der Waals surface area contributed by atoms with E-state index in [-0.39, 0.29) is 23.7 Å². The number of carbonyl (C=O) groups is 2. The van der Waals surface area contributed by atoms with Crippen molar-refractivity contribution >= 4 is 23.2 Å². The summed E-state index contributed by atoms with van der Waals surface area (Å²) in [6.45, 7) is 7.18. The molecule has 4 aromatic rings. The Labute approximate surface area is 219 Å². The third-order valence-electron chi connectivity index (χ3n) is 7.05. The number of aryl methyl sites for hydroxylation is 2. The summed E-state index contributed by atoms with van der Waals surface area (Å²) in [5.74, 6) is -0.0400. The summed E-state index contributed by atoms with van der Waals surface area (Å²) in [4.78, 5) is 25.9. The van der Waals surface area contributed by atoms with Crippen molar-refractivity contribution in [2.75, 3.05) is 10.6 Å². The summed E-state index contributed by atoms with van der Waals surface area (Å²) < 4.78 is 2.27. The van der Waals surface area contributed by atoms with Crippen LogP contribution in [-0.4, -0.2) is 16.4 Å². The molecule has 0 aliphatic rings. The lowest BCUT2D eigenvalue weighted by molar-refractivity contribution is -0.120. The van der Waals surface area contributed by atoms with Crippen molar-refractivity contribution in [2.45, 2.75) is 40.2 Å². The zero-order chi connectivity index (χ0) is 26.2. The van der Waals surface area contributed by atoms with E-state index < -0.39 is 0 Å². The smallest absolute Gasteiger partial charge is 0.256 e. The van der Waals surface area contributed by atoms with Gasteiger partial charge in [0.15, 0.2) is 0 Å². The molecule has 0 aliphatic heterocycles. The van der Waals surface area contributed by atoms with E-state index in [1.54, 1.807) is 0 Å². The van der Waals surface area contributed by atoms with Crippen LogP contribution >= 0.6 is 0 Å². The quantitative estimate of drug-likeness (QED) is 0.244. The Morgan fingerprint density at radius 3 is 2.14 bits per heavy atom. The third-order valence-corrected chi connectivity index (χ3v) is 7.05. The standard InChI is InChI=1S/C32H35N3O2/c1-4-28-13-10-21-35(28)22-20-23(2)24(3)31(36)33-26-16-18-27(19-17-26)34-32(37)30-15-9-8-14-29(30)25-11-6-5-7-12-25/h5-19,21,23-24H,4,20,22H2,1-3H3,(H,33,36)(H,34,37). The molecule has 0 aliphatic carbocycles. The fraction of sp³-hybridized carbons (Fsp3) is 0.250. The largest absolute Gasteiger partial charge is 0.351 e. The molecule has 2 amide bonds. The van der Waals surface area contributed by atoms with Crippen molar-refractivity contribution in [1.29, 1.82) is 0 Å². The minimum Gasteiger partial charge on any atom is -0.351 e. The molecule has 1 aromatic heterocycles. The molecule has 3 aromatic carbocycles. The number of benzene rings is 3.